The van der Waals surface area contributed by atoms with Crippen molar-refractivity contribution in [3.05, 3.63) is 34.9 Å². The first-order valence-corrected chi connectivity index (χ1v) is 15.3. The molecule has 0 unspecified atom stereocenters. The average Bonchev–Trinajstić information content (AvgIpc) is 3.22. The van der Waals surface area contributed by atoms with Gasteiger partial charge in [-0.15, -0.1) is 0 Å². The minimum absolute atomic E-state index is 0.554. The van der Waals surface area contributed by atoms with Gasteiger partial charge in [-0.3, -0.25) is 0 Å². The standard InChI is InChI=1S/C34H51N/c1-6-16-34(7-2)18-15-28-27(21-34)10-11-30-29(28)14-17-33(5)31(12-13-32(30)33)24(4)20-26-9-8-25(22-35)19-23(26)3/h8-9,19,24,27-32H,6-7,10-18,20-21H2,1-5H3/t24-,27+,28-,29+,30+,31+,32-,33+,34-/m0/s1. The van der Waals surface area contributed by atoms with E-state index in [-0.39, 0.29) is 0 Å². The molecule has 0 amide bonds. The molecule has 0 spiro atoms. The van der Waals surface area contributed by atoms with Crippen molar-refractivity contribution >= 4 is 0 Å². The maximum absolute atomic E-state index is 9.25. The number of nitrogens with zero attached hydrogens (tertiary/aromatic N) is 1. The number of nitriles is 1. The van der Waals surface area contributed by atoms with E-state index in [2.05, 4.69) is 52.8 Å². The van der Waals surface area contributed by atoms with Gasteiger partial charge in [-0.1, -0.05) is 46.6 Å². The Labute approximate surface area is 216 Å². The van der Waals surface area contributed by atoms with Crippen LogP contribution in [0.2, 0.25) is 0 Å². The first kappa shape index (κ1) is 25.4. The van der Waals surface area contributed by atoms with Gasteiger partial charge in [0, 0.05) is 0 Å². The van der Waals surface area contributed by atoms with Crippen LogP contribution >= 0.6 is 0 Å². The Morgan fingerprint density at radius 3 is 2.51 bits per heavy atom. The molecule has 4 saturated carbocycles. The summed E-state index contributed by atoms with van der Waals surface area (Å²) in [6.07, 6.45) is 19.1. The van der Waals surface area contributed by atoms with Crippen molar-refractivity contribution < 1.29 is 0 Å². The zero-order valence-electron chi connectivity index (χ0n) is 23.4. The minimum atomic E-state index is 0.554. The molecule has 5 rings (SSSR count). The summed E-state index contributed by atoms with van der Waals surface area (Å²) in [6, 6.07) is 8.65. The molecule has 0 aromatic heterocycles. The largest absolute Gasteiger partial charge is 0.192 e. The van der Waals surface area contributed by atoms with Gasteiger partial charge in [0.05, 0.1) is 11.6 Å². The van der Waals surface area contributed by atoms with Gasteiger partial charge in [-0.25, -0.2) is 0 Å². The van der Waals surface area contributed by atoms with E-state index in [0.717, 1.165) is 47.0 Å². The Kier molecular flexibility index (Phi) is 7.16. The second-order valence-corrected chi connectivity index (χ2v) is 13.9. The zero-order valence-corrected chi connectivity index (χ0v) is 23.4. The van der Waals surface area contributed by atoms with Crippen LogP contribution in [0.5, 0.6) is 0 Å². The second-order valence-electron chi connectivity index (χ2n) is 13.9. The fourth-order valence-electron chi connectivity index (χ4n) is 10.8. The van der Waals surface area contributed by atoms with E-state index in [9.17, 15) is 5.26 Å². The summed E-state index contributed by atoms with van der Waals surface area (Å²) in [6.45, 7) is 12.3. The van der Waals surface area contributed by atoms with E-state index < -0.39 is 0 Å². The van der Waals surface area contributed by atoms with Crippen molar-refractivity contribution in [2.24, 2.45) is 52.3 Å². The molecule has 9 atom stereocenters. The molecule has 0 aliphatic heterocycles. The summed E-state index contributed by atoms with van der Waals surface area (Å²) in [7, 11) is 0. The van der Waals surface area contributed by atoms with E-state index in [0.29, 0.717) is 10.8 Å². The van der Waals surface area contributed by atoms with Crippen LogP contribution in [0.25, 0.3) is 0 Å². The number of fused-ring (bicyclic) bond motifs is 5. The Balaban J connectivity index is 1.28. The third-order valence-electron chi connectivity index (χ3n) is 12.5. The highest BCUT2D eigenvalue weighted by Gasteiger charge is 2.58. The number of aryl methyl sites for hydroxylation is 1. The molecule has 0 bridgehead atoms. The highest BCUT2D eigenvalue weighted by Crippen LogP contribution is 2.66. The maximum atomic E-state index is 9.25. The molecule has 1 aromatic rings. The molecule has 4 aliphatic rings. The van der Waals surface area contributed by atoms with E-state index >= 15 is 0 Å². The topological polar surface area (TPSA) is 23.8 Å². The molecule has 0 heterocycles. The van der Waals surface area contributed by atoms with Crippen molar-refractivity contribution in [2.75, 3.05) is 0 Å². The van der Waals surface area contributed by atoms with E-state index in [1.54, 1.807) is 12.8 Å². The fraction of sp³-hybridized carbons (Fsp3) is 0.794. The van der Waals surface area contributed by atoms with Gasteiger partial charge in [0.1, 0.15) is 0 Å². The highest BCUT2D eigenvalue weighted by molar-refractivity contribution is 5.37. The predicted octanol–water partition coefficient (Wildman–Crippen LogP) is 9.51. The van der Waals surface area contributed by atoms with Crippen molar-refractivity contribution in [3.63, 3.8) is 0 Å². The van der Waals surface area contributed by atoms with Crippen molar-refractivity contribution in [1.29, 1.82) is 5.26 Å². The van der Waals surface area contributed by atoms with Gasteiger partial charge in [-0.05, 0) is 153 Å². The fourth-order valence-corrected chi connectivity index (χ4v) is 10.8. The SMILES string of the molecule is CCC[C@@]1(CC)CC[C@H]2[C@H](CC[C@@H]3[C@@H]2CC[C@]2(C)[C@@H]([C@@H](C)Cc4ccc(C#N)cc4C)CC[C@@H]32)C1. The molecule has 4 aliphatic carbocycles. The van der Waals surface area contributed by atoms with E-state index in [4.69, 9.17) is 0 Å². The summed E-state index contributed by atoms with van der Waals surface area (Å²) < 4.78 is 0. The Bertz CT molecular complexity index is 940. The lowest BCUT2D eigenvalue weighted by atomic mass is 9.47. The smallest absolute Gasteiger partial charge is 0.0991 e. The molecule has 4 fully saturated rings. The first-order chi connectivity index (χ1) is 16.8. The Morgan fingerprint density at radius 1 is 1.00 bits per heavy atom. The monoisotopic (exact) mass is 473 g/mol. The lowest BCUT2D eigenvalue weighted by Gasteiger charge is -2.58. The molecule has 0 N–H and O–H groups in total. The molecule has 35 heavy (non-hydrogen) atoms. The minimum Gasteiger partial charge on any atom is -0.192 e. The molecular weight excluding hydrogens is 422 g/mol. The number of rotatable bonds is 6. The van der Waals surface area contributed by atoms with Crippen LogP contribution in [-0.4, -0.2) is 0 Å². The molecule has 0 radical (unpaired) electrons. The molecule has 0 saturated heterocycles. The lowest BCUT2D eigenvalue weighted by molar-refractivity contribution is -0.0862. The van der Waals surface area contributed by atoms with E-state index in [1.807, 2.05) is 6.07 Å². The van der Waals surface area contributed by atoms with Crippen LogP contribution in [0.15, 0.2) is 18.2 Å². The van der Waals surface area contributed by atoms with Crippen LogP contribution in [-0.2, 0) is 6.42 Å². The summed E-state index contributed by atoms with van der Waals surface area (Å²) in [5, 5.41) is 9.25. The molecule has 1 heteroatoms. The van der Waals surface area contributed by atoms with E-state index in [1.165, 1.54) is 81.8 Å². The Morgan fingerprint density at radius 2 is 1.80 bits per heavy atom. The third-order valence-corrected chi connectivity index (χ3v) is 12.5. The number of hydrogen-bond donors (Lipinski definition) is 0. The predicted molar refractivity (Wildman–Crippen MR) is 147 cm³/mol. The van der Waals surface area contributed by atoms with Gasteiger partial charge in [-0.2, -0.15) is 5.26 Å². The van der Waals surface area contributed by atoms with Gasteiger partial charge in [0.2, 0.25) is 0 Å². The van der Waals surface area contributed by atoms with Gasteiger partial charge in [0.25, 0.3) is 0 Å². The zero-order chi connectivity index (χ0) is 24.8. The van der Waals surface area contributed by atoms with Crippen molar-refractivity contribution in [3.8, 4) is 6.07 Å². The molecule has 192 valence electrons. The second kappa shape index (κ2) is 9.88. The van der Waals surface area contributed by atoms with Gasteiger partial charge in [0.15, 0.2) is 0 Å². The van der Waals surface area contributed by atoms with Crippen LogP contribution < -0.4 is 0 Å². The van der Waals surface area contributed by atoms with Crippen molar-refractivity contribution in [2.45, 2.75) is 118 Å². The summed E-state index contributed by atoms with van der Waals surface area (Å²) >= 11 is 0. The maximum Gasteiger partial charge on any atom is 0.0991 e. The Hall–Kier alpha value is -1.29. The lowest BCUT2D eigenvalue weighted by Crippen LogP contribution is -2.50. The third kappa shape index (κ3) is 4.40. The van der Waals surface area contributed by atoms with Crippen molar-refractivity contribution in [1.82, 2.24) is 0 Å². The highest BCUT2D eigenvalue weighted by atomic mass is 14.6. The quantitative estimate of drug-likeness (QED) is 0.403. The summed E-state index contributed by atoms with van der Waals surface area (Å²) in [5.74, 6) is 6.72. The molecular formula is C34H51N. The molecule has 1 aromatic carbocycles. The number of benzene rings is 1. The van der Waals surface area contributed by atoms with Gasteiger partial charge >= 0.3 is 0 Å². The van der Waals surface area contributed by atoms with Crippen LogP contribution in [0.1, 0.15) is 121 Å². The normalized spacial score (nSPS) is 41.4. The first-order valence-electron chi connectivity index (χ1n) is 15.3. The van der Waals surface area contributed by atoms with Gasteiger partial charge < -0.3 is 0 Å². The average molecular weight is 474 g/mol. The summed E-state index contributed by atoms with van der Waals surface area (Å²) in [5.41, 5.74) is 4.81. The molecule has 1 nitrogen and oxygen atoms in total. The van der Waals surface area contributed by atoms with Crippen LogP contribution in [0, 0.1) is 70.5 Å². The number of hydrogen-bond acceptors (Lipinski definition) is 1. The summed E-state index contributed by atoms with van der Waals surface area (Å²) in [4.78, 5) is 0. The van der Waals surface area contributed by atoms with Crippen LogP contribution in [0.3, 0.4) is 0 Å². The van der Waals surface area contributed by atoms with Crippen LogP contribution in [0.4, 0.5) is 0 Å².